The molecule has 2 rings (SSSR count). The van der Waals surface area contributed by atoms with Crippen molar-refractivity contribution >= 4 is 17.7 Å². The van der Waals surface area contributed by atoms with Gasteiger partial charge in [0, 0.05) is 11.4 Å². The summed E-state index contributed by atoms with van der Waals surface area (Å²) in [4.78, 5) is 13.0. The third kappa shape index (κ3) is 6.65. The van der Waals surface area contributed by atoms with Crippen molar-refractivity contribution in [3.8, 4) is 11.5 Å². The predicted octanol–water partition coefficient (Wildman–Crippen LogP) is 3.37. The van der Waals surface area contributed by atoms with Crippen LogP contribution >= 0.6 is 11.8 Å². The zero-order valence-electron chi connectivity index (χ0n) is 13.2. The molecular formula is C18H21NO3S. The molecule has 2 aromatic rings. The number of methoxy groups -OCH3 is 1. The van der Waals surface area contributed by atoms with Crippen molar-refractivity contribution in [2.45, 2.75) is 11.3 Å². The predicted molar refractivity (Wildman–Crippen MR) is 93.3 cm³/mol. The van der Waals surface area contributed by atoms with Crippen molar-refractivity contribution in [2.75, 3.05) is 26.0 Å². The van der Waals surface area contributed by atoms with Gasteiger partial charge < -0.3 is 14.8 Å². The minimum absolute atomic E-state index is 0.0259. The Balaban J connectivity index is 1.56. The van der Waals surface area contributed by atoms with Gasteiger partial charge in [-0.2, -0.15) is 0 Å². The van der Waals surface area contributed by atoms with Crippen LogP contribution in [0.4, 0.5) is 0 Å². The Morgan fingerprint density at radius 2 is 1.74 bits per heavy atom. The molecule has 4 nitrogen and oxygen atoms in total. The Labute approximate surface area is 141 Å². The minimum Gasteiger partial charge on any atom is -0.497 e. The highest BCUT2D eigenvalue weighted by molar-refractivity contribution is 7.99. The Morgan fingerprint density at radius 1 is 1.04 bits per heavy atom. The third-order valence-electron chi connectivity index (χ3n) is 3.08. The lowest BCUT2D eigenvalue weighted by Crippen LogP contribution is -2.29. The summed E-state index contributed by atoms with van der Waals surface area (Å²) >= 11 is 1.79. The van der Waals surface area contributed by atoms with Crippen LogP contribution in [-0.4, -0.2) is 31.9 Å². The summed E-state index contributed by atoms with van der Waals surface area (Å²) in [6.45, 7) is 0.683. The maximum absolute atomic E-state index is 11.7. The van der Waals surface area contributed by atoms with Crippen LogP contribution in [0.5, 0.6) is 11.5 Å². The Kier molecular flexibility index (Phi) is 7.33. The van der Waals surface area contributed by atoms with Crippen LogP contribution in [0.25, 0.3) is 0 Å². The molecule has 0 aliphatic carbocycles. The van der Waals surface area contributed by atoms with E-state index in [1.165, 1.54) is 4.90 Å². The van der Waals surface area contributed by atoms with Gasteiger partial charge in [-0.05, 0) is 48.6 Å². The maximum Gasteiger partial charge on any atom is 0.257 e. The number of ether oxygens (including phenoxy) is 2. The number of benzene rings is 2. The first kappa shape index (κ1) is 17.2. The number of hydrogen-bond donors (Lipinski definition) is 1. The van der Waals surface area contributed by atoms with E-state index in [9.17, 15) is 4.79 Å². The van der Waals surface area contributed by atoms with E-state index in [1.54, 1.807) is 43.1 Å². The smallest absolute Gasteiger partial charge is 0.257 e. The van der Waals surface area contributed by atoms with Gasteiger partial charge in [-0.1, -0.05) is 18.2 Å². The number of amides is 1. The molecule has 0 bridgehead atoms. The lowest BCUT2D eigenvalue weighted by molar-refractivity contribution is -0.123. The number of thioether (sulfide) groups is 1. The topological polar surface area (TPSA) is 47.6 Å². The lowest BCUT2D eigenvalue weighted by Gasteiger charge is -2.08. The highest BCUT2D eigenvalue weighted by atomic mass is 32.2. The standard InChI is InChI=1S/C18H21NO3S/c1-21-15-8-10-16(11-9-15)22-14-18(20)19-12-5-13-23-17-6-3-2-4-7-17/h2-4,6-11H,5,12-14H2,1H3,(H,19,20). The van der Waals surface area contributed by atoms with Crippen molar-refractivity contribution in [3.05, 3.63) is 54.6 Å². The van der Waals surface area contributed by atoms with Gasteiger partial charge in [0.2, 0.25) is 0 Å². The second-order valence-corrected chi connectivity index (χ2v) is 6.00. The summed E-state index contributed by atoms with van der Waals surface area (Å²) in [5.41, 5.74) is 0. The maximum atomic E-state index is 11.7. The number of carbonyl (C=O) groups is 1. The summed E-state index contributed by atoms with van der Waals surface area (Å²) in [5, 5.41) is 2.86. The molecule has 122 valence electrons. The first-order valence-corrected chi connectivity index (χ1v) is 8.48. The zero-order chi connectivity index (χ0) is 16.3. The molecule has 0 radical (unpaired) electrons. The molecule has 0 fully saturated rings. The fourth-order valence-corrected chi connectivity index (χ4v) is 2.75. The molecule has 23 heavy (non-hydrogen) atoms. The molecule has 0 aliphatic heterocycles. The van der Waals surface area contributed by atoms with Crippen molar-refractivity contribution in [3.63, 3.8) is 0 Å². The number of nitrogens with one attached hydrogen (secondary N) is 1. The summed E-state index contributed by atoms with van der Waals surface area (Å²) < 4.78 is 10.5. The van der Waals surface area contributed by atoms with Crippen molar-refractivity contribution < 1.29 is 14.3 Å². The molecular weight excluding hydrogens is 310 g/mol. The lowest BCUT2D eigenvalue weighted by atomic mass is 10.3. The van der Waals surface area contributed by atoms with Crippen LogP contribution in [0.1, 0.15) is 6.42 Å². The van der Waals surface area contributed by atoms with Crippen LogP contribution in [0, 0.1) is 0 Å². The molecule has 0 atom stereocenters. The van der Waals surface area contributed by atoms with Gasteiger partial charge in [0.05, 0.1) is 7.11 Å². The fourth-order valence-electron chi connectivity index (χ4n) is 1.88. The molecule has 0 aromatic heterocycles. The van der Waals surface area contributed by atoms with Gasteiger partial charge in [-0.25, -0.2) is 0 Å². The Hall–Kier alpha value is -2.14. The number of hydrogen-bond acceptors (Lipinski definition) is 4. The fraction of sp³-hybridized carbons (Fsp3) is 0.278. The summed E-state index contributed by atoms with van der Waals surface area (Å²) in [6, 6.07) is 17.4. The van der Waals surface area contributed by atoms with E-state index in [1.807, 2.05) is 18.2 Å². The van der Waals surface area contributed by atoms with Crippen molar-refractivity contribution in [2.24, 2.45) is 0 Å². The van der Waals surface area contributed by atoms with Crippen LogP contribution < -0.4 is 14.8 Å². The van der Waals surface area contributed by atoms with Crippen molar-refractivity contribution in [1.29, 1.82) is 0 Å². The third-order valence-corrected chi connectivity index (χ3v) is 4.18. The summed E-state index contributed by atoms with van der Waals surface area (Å²) in [6.07, 6.45) is 0.924. The van der Waals surface area contributed by atoms with Gasteiger partial charge in [0.15, 0.2) is 6.61 Å². The molecule has 5 heteroatoms. The highest BCUT2D eigenvalue weighted by Crippen LogP contribution is 2.18. The molecule has 0 heterocycles. The molecule has 2 aromatic carbocycles. The Bertz CT molecular complexity index is 587. The van der Waals surface area contributed by atoms with E-state index in [4.69, 9.17) is 9.47 Å². The van der Waals surface area contributed by atoms with Gasteiger partial charge in [0.1, 0.15) is 11.5 Å². The molecule has 1 N–H and O–H groups in total. The van der Waals surface area contributed by atoms with Crippen molar-refractivity contribution in [1.82, 2.24) is 5.32 Å². The highest BCUT2D eigenvalue weighted by Gasteiger charge is 2.02. The van der Waals surface area contributed by atoms with Crippen LogP contribution in [-0.2, 0) is 4.79 Å². The first-order valence-electron chi connectivity index (χ1n) is 7.49. The average Bonchev–Trinajstić information content (AvgIpc) is 2.61. The monoisotopic (exact) mass is 331 g/mol. The van der Waals surface area contributed by atoms with E-state index in [0.717, 1.165) is 17.9 Å². The van der Waals surface area contributed by atoms with Gasteiger partial charge in [-0.3, -0.25) is 4.79 Å². The second kappa shape index (κ2) is 9.79. The SMILES string of the molecule is COc1ccc(OCC(=O)NCCCSc2ccccc2)cc1. The zero-order valence-corrected chi connectivity index (χ0v) is 14.0. The Morgan fingerprint density at radius 3 is 2.43 bits per heavy atom. The van der Waals surface area contributed by atoms with E-state index < -0.39 is 0 Å². The molecule has 0 unspecified atom stereocenters. The van der Waals surface area contributed by atoms with E-state index in [-0.39, 0.29) is 12.5 Å². The molecule has 0 aliphatic rings. The average molecular weight is 331 g/mol. The van der Waals surface area contributed by atoms with Crippen LogP contribution in [0.3, 0.4) is 0 Å². The van der Waals surface area contributed by atoms with Crippen LogP contribution in [0.15, 0.2) is 59.5 Å². The van der Waals surface area contributed by atoms with E-state index in [0.29, 0.717) is 12.3 Å². The van der Waals surface area contributed by atoms with Gasteiger partial charge in [0.25, 0.3) is 5.91 Å². The van der Waals surface area contributed by atoms with Gasteiger partial charge in [-0.15, -0.1) is 11.8 Å². The minimum atomic E-state index is -0.106. The molecule has 0 saturated heterocycles. The number of rotatable bonds is 9. The normalized spacial score (nSPS) is 10.1. The molecule has 0 saturated carbocycles. The largest absolute Gasteiger partial charge is 0.497 e. The van der Waals surface area contributed by atoms with Crippen LogP contribution in [0.2, 0.25) is 0 Å². The van der Waals surface area contributed by atoms with Gasteiger partial charge >= 0.3 is 0 Å². The van der Waals surface area contributed by atoms with E-state index >= 15 is 0 Å². The van der Waals surface area contributed by atoms with E-state index in [2.05, 4.69) is 17.4 Å². The molecule has 1 amide bonds. The number of carbonyl (C=O) groups excluding carboxylic acids is 1. The second-order valence-electron chi connectivity index (χ2n) is 4.83. The summed E-state index contributed by atoms with van der Waals surface area (Å²) in [7, 11) is 1.61. The first-order chi connectivity index (χ1) is 11.3. The molecule has 0 spiro atoms. The quantitative estimate of drug-likeness (QED) is 0.565. The summed E-state index contributed by atoms with van der Waals surface area (Å²) in [5.74, 6) is 2.28.